The van der Waals surface area contributed by atoms with Gasteiger partial charge in [-0.15, -0.1) is 0 Å². The summed E-state index contributed by atoms with van der Waals surface area (Å²) in [6.45, 7) is 9.82. The quantitative estimate of drug-likeness (QED) is 0.272. The van der Waals surface area contributed by atoms with Gasteiger partial charge >= 0.3 is 6.18 Å². The second-order valence-corrected chi connectivity index (χ2v) is 28.7. The third-order valence-electron chi connectivity index (χ3n) is 20.4. The van der Waals surface area contributed by atoms with Crippen LogP contribution in [-0.2, 0) is 70.1 Å². The number of alkyl halides is 3. The molecule has 1 aromatic rings. The smallest absolute Gasteiger partial charge is 0.343 e. The molecule has 28 heteroatoms. The van der Waals surface area contributed by atoms with Crippen LogP contribution in [0, 0.1) is 23.7 Å². The Balaban J connectivity index is 1.41. The van der Waals surface area contributed by atoms with E-state index in [1.54, 1.807) is 25.7 Å². The first-order chi connectivity index (χ1) is 45.0. The molecule has 12 amide bonds. The fraction of sp³-hybridized carbons (Fsp3) is 0.735. The molecule has 1 aromatic carbocycles. The van der Waals surface area contributed by atoms with Gasteiger partial charge in [0.05, 0.1) is 36.6 Å². The number of benzene rings is 1. The highest BCUT2D eigenvalue weighted by Crippen LogP contribution is 2.37. The van der Waals surface area contributed by atoms with Crippen molar-refractivity contribution in [1.82, 2.24) is 60.0 Å². The minimum atomic E-state index is -4.76. The van der Waals surface area contributed by atoms with Gasteiger partial charge in [-0.3, -0.25) is 57.5 Å². The molecule has 1 spiro atoms. The Bertz CT molecular complexity index is 3010. The van der Waals surface area contributed by atoms with Crippen molar-refractivity contribution in [2.24, 2.45) is 23.7 Å². The molecule has 5 aliphatic rings. The van der Waals surface area contributed by atoms with Crippen molar-refractivity contribution in [2.45, 2.75) is 211 Å². The molecule has 6 rings (SSSR count). The molecule has 2 aliphatic carbocycles. The topological polar surface area (TPSA) is 270 Å². The number of nitrogens with one attached hydrogen (secondary N) is 3. The van der Waals surface area contributed by atoms with Gasteiger partial charge in [-0.25, -0.2) is 0 Å². The van der Waals surface area contributed by atoms with E-state index in [1.807, 2.05) is 20.8 Å². The summed E-state index contributed by atoms with van der Waals surface area (Å²) in [7, 11) is 9.80. The molecule has 2 saturated carbocycles. The van der Waals surface area contributed by atoms with Crippen molar-refractivity contribution in [3.05, 3.63) is 34.3 Å². The highest BCUT2D eigenvalue weighted by molar-refractivity contribution is 6.31. The zero-order valence-corrected chi connectivity index (χ0v) is 59.2. The summed E-state index contributed by atoms with van der Waals surface area (Å²) in [6, 6.07) is -5.65. The zero-order valence-electron chi connectivity index (χ0n) is 58.5. The molecule has 3 heterocycles. The third kappa shape index (κ3) is 19.2. The molecule has 0 radical (unpaired) electrons. The van der Waals surface area contributed by atoms with Gasteiger partial charge in [-0.1, -0.05) is 104 Å². The predicted octanol–water partition coefficient (Wildman–Crippen LogP) is 4.72. The Morgan fingerprint density at radius 2 is 1.25 bits per heavy atom. The first-order valence-corrected chi connectivity index (χ1v) is 34.6. The largest absolute Gasteiger partial charge is 0.417 e. The van der Waals surface area contributed by atoms with E-state index >= 15 is 14.4 Å². The van der Waals surface area contributed by atoms with Gasteiger partial charge in [-0.05, 0) is 106 Å². The van der Waals surface area contributed by atoms with Crippen LogP contribution in [-0.4, -0.2) is 251 Å². The predicted molar refractivity (Wildman–Crippen MR) is 353 cm³/mol. The standard InChI is InChI=1S/C68H104ClF3N12O12/c1-14-43(6)57-64(94)78(9)39-55(87)76(7)40-56(88)80(11)51(36-44-22-15-16-23-44)62(92)77(8)38-53(85)73-48(28-26-45-25-27-46(47(69)35-45)68(70,71)72)61(91)84-33-21-24-49(84)60(90)75-67(29-17-18-30-67)66(96)82(13)58(42(4)5)65(95)81(12)52(63(93)83-31-19-20-32-83)37-54(86)79(10)50(34-41(2)3)59(89)74-57/h25,27,35,41-44,48-52,57-58H,14-24,26,28-34,36-40H2,1-13H3,(H,73,85)(H,74,89)(H,75,90)/t43-,48-,49?,50-,51-,52-,57-,58-/m0/s1. The van der Waals surface area contributed by atoms with Crippen molar-refractivity contribution in [2.75, 3.05) is 88.6 Å². The number of carbonyl (C=O) groups excluding carboxylic acids is 12. The van der Waals surface area contributed by atoms with Crippen LogP contribution in [0.2, 0.25) is 5.02 Å². The molecule has 0 aromatic heterocycles. The molecule has 536 valence electrons. The lowest BCUT2D eigenvalue weighted by molar-refractivity contribution is -0.156. The first-order valence-electron chi connectivity index (χ1n) is 34.2. The van der Waals surface area contributed by atoms with Crippen molar-refractivity contribution in [3.63, 3.8) is 0 Å². The van der Waals surface area contributed by atoms with Crippen LogP contribution in [0.25, 0.3) is 0 Å². The maximum atomic E-state index is 15.4. The van der Waals surface area contributed by atoms with Crippen molar-refractivity contribution in [3.8, 4) is 0 Å². The van der Waals surface area contributed by atoms with E-state index in [0.29, 0.717) is 57.2 Å². The van der Waals surface area contributed by atoms with Crippen LogP contribution in [0.1, 0.15) is 162 Å². The van der Waals surface area contributed by atoms with Crippen LogP contribution >= 0.6 is 11.6 Å². The van der Waals surface area contributed by atoms with E-state index in [4.69, 9.17) is 11.6 Å². The van der Waals surface area contributed by atoms with Gasteiger partial charge in [0, 0.05) is 69.0 Å². The van der Waals surface area contributed by atoms with E-state index in [-0.39, 0.29) is 63.3 Å². The number of carbonyl (C=O) groups is 12. The number of rotatable bonds is 11. The van der Waals surface area contributed by atoms with Gasteiger partial charge in [0.2, 0.25) is 70.9 Å². The van der Waals surface area contributed by atoms with E-state index in [0.717, 1.165) is 52.5 Å². The molecular formula is C68H104ClF3N12O12. The maximum absolute atomic E-state index is 15.4. The summed E-state index contributed by atoms with van der Waals surface area (Å²) in [5.74, 6) is -9.16. The molecule has 3 saturated heterocycles. The van der Waals surface area contributed by atoms with Crippen LogP contribution in [0.5, 0.6) is 0 Å². The molecule has 0 bridgehead atoms. The van der Waals surface area contributed by atoms with Crippen molar-refractivity contribution in [1.29, 1.82) is 0 Å². The third-order valence-corrected chi connectivity index (χ3v) is 20.7. The van der Waals surface area contributed by atoms with Crippen molar-refractivity contribution >= 4 is 82.5 Å². The number of aryl methyl sites for hydroxylation is 1. The highest BCUT2D eigenvalue weighted by Gasteiger charge is 2.51. The highest BCUT2D eigenvalue weighted by atomic mass is 35.5. The average molecular weight is 1370 g/mol. The van der Waals surface area contributed by atoms with E-state index in [2.05, 4.69) is 16.0 Å². The lowest BCUT2D eigenvalue weighted by Gasteiger charge is -2.41. The summed E-state index contributed by atoms with van der Waals surface area (Å²) >= 11 is 6.13. The number of fused-ring (bicyclic) bond motifs is 1. The molecule has 8 atom stereocenters. The average Bonchev–Trinajstić information content (AvgIpc) is 1.41. The van der Waals surface area contributed by atoms with Crippen LogP contribution in [0.15, 0.2) is 18.2 Å². The Morgan fingerprint density at radius 1 is 0.646 bits per heavy atom. The minimum Gasteiger partial charge on any atom is -0.343 e. The van der Waals surface area contributed by atoms with Crippen LogP contribution in [0.3, 0.4) is 0 Å². The summed E-state index contributed by atoms with van der Waals surface area (Å²) in [4.78, 5) is 188. The SMILES string of the molecule is CC[C@H](C)[C@@H]1NC(=O)[C@H](CC(C)C)N(C)C(=O)C[C@@H](C(=O)N2CCCC2)N(C)C(=O)[C@H](C(C)C)N(C)C(=O)C2(CCCC2)NC(=O)C2CCCN2C(=O)[C@H](CCc2ccc(C(F)(F)F)c(Cl)c2)NC(=O)CN(C)C(=O)[C@H](CC2CCCC2)N(C)C(=O)CN(C)C(=O)CN(C)C1=O. The van der Waals surface area contributed by atoms with Gasteiger partial charge < -0.3 is 60.0 Å². The number of halogens is 4. The maximum Gasteiger partial charge on any atom is 0.417 e. The second kappa shape index (κ2) is 33.9. The Labute approximate surface area is 568 Å². The molecule has 96 heavy (non-hydrogen) atoms. The number of amides is 12. The fourth-order valence-electron chi connectivity index (χ4n) is 14.3. The van der Waals surface area contributed by atoms with Crippen LogP contribution < -0.4 is 16.0 Å². The monoisotopic (exact) mass is 1370 g/mol. The normalized spacial score (nSPS) is 26.2. The molecule has 3 N–H and O–H groups in total. The lowest BCUT2D eigenvalue weighted by Crippen LogP contribution is -2.65. The van der Waals surface area contributed by atoms with Gasteiger partial charge in [0.25, 0.3) is 0 Å². The van der Waals surface area contributed by atoms with E-state index < -0.39 is 173 Å². The van der Waals surface area contributed by atoms with Crippen LogP contribution in [0.4, 0.5) is 13.2 Å². The molecule has 24 nitrogen and oxygen atoms in total. The number of nitrogens with zero attached hydrogens (tertiary/aromatic N) is 9. The minimum absolute atomic E-state index is 0.0292. The Hall–Kier alpha value is -7.06. The summed E-state index contributed by atoms with van der Waals surface area (Å²) < 4.78 is 41.4. The second-order valence-electron chi connectivity index (χ2n) is 28.3. The Kier molecular flexibility index (Phi) is 27.6. The first kappa shape index (κ1) is 77.9. The number of likely N-dealkylation sites (tertiary alicyclic amines) is 1. The number of hydrogen-bond acceptors (Lipinski definition) is 12. The summed E-state index contributed by atoms with van der Waals surface area (Å²) in [5, 5.41) is 8.05. The number of hydrogen-bond donors (Lipinski definition) is 3. The van der Waals surface area contributed by atoms with E-state index in [1.165, 1.54) is 79.9 Å². The lowest BCUT2D eigenvalue weighted by atomic mass is 9.91. The summed E-state index contributed by atoms with van der Waals surface area (Å²) in [5.41, 5.74) is -2.36. The summed E-state index contributed by atoms with van der Waals surface area (Å²) in [6.07, 6.45) is 1.61. The molecular weight excluding hydrogens is 1270 g/mol. The Morgan fingerprint density at radius 3 is 1.83 bits per heavy atom. The van der Waals surface area contributed by atoms with Gasteiger partial charge in [0.1, 0.15) is 47.8 Å². The molecule has 1 unspecified atom stereocenters. The molecule has 5 fully saturated rings. The van der Waals surface area contributed by atoms with Gasteiger partial charge in [-0.2, -0.15) is 13.2 Å². The molecule has 3 aliphatic heterocycles. The zero-order chi connectivity index (χ0) is 71.4. The fourth-order valence-corrected chi connectivity index (χ4v) is 14.6. The van der Waals surface area contributed by atoms with Crippen molar-refractivity contribution < 1.29 is 70.7 Å². The number of likely N-dealkylation sites (N-methyl/N-ethyl adjacent to an activating group) is 7. The van der Waals surface area contributed by atoms with Gasteiger partial charge in [0.15, 0.2) is 0 Å². The van der Waals surface area contributed by atoms with E-state index in [9.17, 15) is 56.3 Å².